The number of rotatable bonds is 6. The minimum absolute atomic E-state index is 0.671. The largest absolute Gasteiger partial charge is 0.330 e. The predicted molar refractivity (Wildman–Crippen MR) is 81.8 cm³/mol. The second-order valence-electron chi connectivity index (χ2n) is 3.55. The second kappa shape index (κ2) is 10.2. The molecule has 0 heterocycles. The molecule has 0 aromatic carbocycles. The number of nitrogens with zero attached hydrogens (tertiary/aromatic N) is 1. The highest BCUT2D eigenvalue weighted by Gasteiger charge is 2.07. The molecule has 96 valence electrons. The van der Waals surface area contributed by atoms with Gasteiger partial charge < -0.3 is 4.90 Å². The van der Waals surface area contributed by atoms with Crippen molar-refractivity contribution in [2.75, 3.05) is 6.54 Å². The molecule has 0 saturated carbocycles. The van der Waals surface area contributed by atoms with Crippen LogP contribution in [0.15, 0.2) is 60.5 Å². The van der Waals surface area contributed by atoms with Gasteiger partial charge in [-0.3, -0.25) is 0 Å². The Morgan fingerprint density at radius 3 is 2.17 bits per heavy atom. The molecule has 0 N–H and O–H groups in total. The van der Waals surface area contributed by atoms with E-state index < -0.39 is 0 Å². The summed E-state index contributed by atoms with van der Waals surface area (Å²) in [6.45, 7) is 12.3. The molecule has 0 unspecified atom stereocenters. The van der Waals surface area contributed by atoms with E-state index in [4.69, 9.17) is 0 Å². The summed E-state index contributed by atoms with van der Waals surface area (Å²) in [7, 11) is 0. The van der Waals surface area contributed by atoms with E-state index in [-0.39, 0.29) is 0 Å². The molecule has 1 nitrogen and oxygen atoms in total. The first kappa shape index (κ1) is 16.1. The molecule has 0 saturated heterocycles. The van der Waals surface area contributed by atoms with Crippen molar-refractivity contribution in [3.8, 4) is 11.8 Å². The fraction of sp³-hybridized carbons (Fsp3) is 0.294. The van der Waals surface area contributed by atoms with Gasteiger partial charge in [0.25, 0.3) is 0 Å². The topological polar surface area (TPSA) is 3.24 Å². The van der Waals surface area contributed by atoms with Crippen LogP contribution in [0.4, 0.5) is 0 Å². The molecule has 18 heavy (non-hydrogen) atoms. The maximum absolute atomic E-state index is 3.77. The van der Waals surface area contributed by atoms with Crippen LogP contribution >= 0.6 is 0 Å². The Kier molecular flexibility index (Phi) is 9.13. The molecule has 0 radical (unpaired) electrons. The zero-order chi connectivity index (χ0) is 13.8. The molecule has 0 atom stereocenters. The van der Waals surface area contributed by atoms with E-state index in [0.717, 1.165) is 11.4 Å². The van der Waals surface area contributed by atoms with Gasteiger partial charge in [-0.1, -0.05) is 36.8 Å². The van der Waals surface area contributed by atoms with Gasteiger partial charge in [-0.2, -0.15) is 0 Å². The summed E-state index contributed by atoms with van der Waals surface area (Å²) in [5.41, 5.74) is 2.22. The Morgan fingerprint density at radius 1 is 1.11 bits per heavy atom. The Labute approximate surface area is 112 Å². The summed E-state index contributed by atoms with van der Waals surface area (Å²) in [5.74, 6) is 6.05. The molecule has 0 spiro atoms. The van der Waals surface area contributed by atoms with E-state index in [1.165, 1.54) is 0 Å². The molecule has 0 fully saturated rings. The van der Waals surface area contributed by atoms with Crippen LogP contribution in [0.25, 0.3) is 0 Å². The minimum atomic E-state index is 0.671. The van der Waals surface area contributed by atoms with Crippen LogP contribution in [-0.2, 0) is 0 Å². The third kappa shape index (κ3) is 5.41. The maximum atomic E-state index is 3.77. The van der Waals surface area contributed by atoms with E-state index in [0.29, 0.717) is 6.54 Å². The van der Waals surface area contributed by atoms with Crippen LogP contribution in [0.2, 0.25) is 0 Å². The van der Waals surface area contributed by atoms with Gasteiger partial charge in [0.05, 0.1) is 6.54 Å². The number of hydrogen-bond acceptors (Lipinski definition) is 1. The molecule has 0 amide bonds. The van der Waals surface area contributed by atoms with Crippen molar-refractivity contribution >= 4 is 0 Å². The van der Waals surface area contributed by atoms with E-state index in [9.17, 15) is 0 Å². The zero-order valence-corrected chi connectivity index (χ0v) is 11.9. The third-order valence-electron chi connectivity index (χ3n) is 2.30. The van der Waals surface area contributed by atoms with Gasteiger partial charge in [-0.25, -0.2) is 0 Å². The van der Waals surface area contributed by atoms with Crippen molar-refractivity contribution in [1.82, 2.24) is 4.90 Å². The fourth-order valence-corrected chi connectivity index (χ4v) is 1.53. The average molecular weight is 241 g/mol. The molecule has 0 bridgehead atoms. The van der Waals surface area contributed by atoms with Crippen molar-refractivity contribution in [3.63, 3.8) is 0 Å². The van der Waals surface area contributed by atoms with Crippen molar-refractivity contribution < 1.29 is 0 Å². The summed E-state index contributed by atoms with van der Waals surface area (Å²) in [6.07, 6.45) is 14.1. The highest BCUT2D eigenvalue weighted by atomic mass is 15.1. The average Bonchev–Trinajstić information content (AvgIpc) is 2.38. The van der Waals surface area contributed by atoms with Gasteiger partial charge in [0.1, 0.15) is 0 Å². The van der Waals surface area contributed by atoms with Crippen molar-refractivity contribution in [2.24, 2.45) is 0 Å². The summed E-state index contributed by atoms with van der Waals surface area (Å²) < 4.78 is 0. The van der Waals surface area contributed by atoms with Gasteiger partial charge in [0.2, 0.25) is 0 Å². The summed E-state index contributed by atoms with van der Waals surface area (Å²) in [4.78, 5) is 2.16. The van der Waals surface area contributed by atoms with Crippen molar-refractivity contribution in [2.45, 2.75) is 27.7 Å². The molecule has 0 aliphatic rings. The Morgan fingerprint density at radius 2 is 1.72 bits per heavy atom. The summed E-state index contributed by atoms with van der Waals surface area (Å²) >= 11 is 0. The van der Waals surface area contributed by atoms with Crippen LogP contribution in [0.3, 0.4) is 0 Å². The van der Waals surface area contributed by atoms with Crippen LogP contribution in [0, 0.1) is 11.8 Å². The van der Waals surface area contributed by atoms with E-state index in [1.807, 2.05) is 45.9 Å². The van der Waals surface area contributed by atoms with Gasteiger partial charge >= 0.3 is 0 Å². The predicted octanol–water partition coefficient (Wildman–Crippen LogP) is 4.44. The SMILES string of the molecule is C=C/C=C(\C=C/C)N(CC#CC)C(/C=C\C)=C/C. The summed E-state index contributed by atoms with van der Waals surface area (Å²) in [6, 6.07) is 0. The summed E-state index contributed by atoms with van der Waals surface area (Å²) in [5, 5.41) is 0. The standard InChI is InChI=1S/C17H23N/c1-6-11-15-18(16(10-5)12-7-2)17(13-8-3)14-9-4/h7-10,12-14H,3,15H2,1-2,4-5H3/b12-7-,14-9-,16-10+,17-13+. The first-order valence-corrected chi connectivity index (χ1v) is 6.16. The fourth-order valence-electron chi connectivity index (χ4n) is 1.53. The van der Waals surface area contributed by atoms with Crippen LogP contribution in [0.5, 0.6) is 0 Å². The molecular weight excluding hydrogens is 218 g/mol. The minimum Gasteiger partial charge on any atom is -0.330 e. The lowest BCUT2D eigenvalue weighted by atomic mass is 10.2. The van der Waals surface area contributed by atoms with E-state index >= 15 is 0 Å². The van der Waals surface area contributed by atoms with Gasteiger partial charge in [0, 0.05) is 11.4 Å². The molecule has 0 aromatic rings. The third-order valence-corrected chi connectivity index (χ3v) is 2.30. The molecule has 0 aliphatic heterocycles. The monoisotopic (exact) mass is 241 g/mol. The highest BCUT2D eigenvalue weighted by molar-refractivity contribution is 5.31. The van der Waals surface area contributed by atoms with E-state index in [1.54, 1.807) is 6.08 Å². The molecule has 0 aliphatic carbocycles. The quantitative estimate of drug-likeness (QED) is 0.491. The Balaban J connectivity index is 5.47. The van der Waals surface area contributed by atoms with Crippen LogP contribution in [0.1, 0.15) is 27.7 Å². The number of hydrogen-bond donors (Lipinski definition) is 0. The zero-order valence-electron chi connectivity index (χ0n) is 11.9. The molecule has 0 rings (SSSR count). The Hall–Kier alpha value is -1.94. The smallest absolute Gasteiger partial charge is 0.0843 e. The lowest BCUT2D eigenvalue weighted by molar-refractivity contribution is 0.509. The van der Waals surface area contributed by atoms with Crippen LogP contribution in [-0.4, -0.2) is 11.4 Å². The van der Waals surface area contributed by atoms with Gasteiger partial charge in [-0.15, -0.1) is 5.92 Å². The lowest BCUT2D eigenvalue weighted by Crippen LogP contribution is -2.21. The molecule has 1 heteroatoms. The van der Waals surface area contributed by atoms with Gasteiger partial charge in [-0.05, 0) is 45.9 Å². The number of allylic oxidation sites excluding steroid dienone is 7. The second-order valence-corrected chi connectivity index (χ2v) is 3.55. The van der Waals surface area contributed by atoms with Gasteiger partial charge in [0.15, 0.2) is 0 Å². The van der Waals surface area contributed by atoms with E-state index in [2.05, 4.69) is 41.5 Å². The lowest BCUT2D eigenvalue weighted by Gasteiger charge is -2.24. The first-order chi connectivity index (χ1) is 8.74. The Bertz CT molecular complexity index is 422. The van der Waals surface area contributed by atoms with Crippen molar-refractivity contribution in [3.05, 3.63) is 60.5 Å². The molecule has 0 aromatic heterocycles. The highest BCUT2D eigenvalue weighted by Crippen LogP contribution is 2.15. The maximum Gasteiger partial charge on any atom is 0.0843 e. The molecular formula is C17H23N. The first-order valence-electron chi connectivity index (χ1n) is 6.16. The van der Waals surface area contributed by atoms with Crippen molar-refractivity contribution in [1.29, 1.82) is 0 Å². The normalized spacial score (nSPS) is 12.7. The van der Waals surface area contributed by atoms with Crippen LogP contribution < -0.4 is 0 Å².